The zero-order chi connectivity index (χ0) is 18.1. The molecule has 1 aliphatic carbocycles. The second kappa shape index (κ2) is 6.86. The van der Waals surface area contributed by atoms with Crippen LogP contribution in [0.1, 0.15) is 55.1 Å². The first-order valence-corrected chi connectivity index (χ1v) is 9.19. The summed E-state index contributed by atoms with van der Waals surface area (Å²) in [7, 11) is 0. The summed E-state index contributed by atoms with van der Waals surface area (Å²) < 4.78 is 2.12. The van der Waals surface area contributed by atoms with E-state index in [-0.39, 0.29) is 11.9 Å². The Morgan fingerprint density at radius 2 is 2.19 bits per heavy atom. The van der Waals surface area contributed by atoms with Gasteiger partial charge < -0.3 is 9.47 Å². The van der Waals surface area contributed by atoms with Gasteiger partial charge in [0, 0.05) is 37.2 Å². The van der Waals surface area contributed by atoms with E-state index in [1.807, 2.05) is 29.4 Å². The fraction of sp³-hybridized carbons (Fsp3) is 0.400. The van der Waals surface area contributed by atoms with Gasteiger partial charge in [-0.25, -0.2) is 9.97 Å². The standard InChI is InChI=1S/C20H23N5O/c1-3-14(2)24(12-15-5-4-8-21-10-15)20(26)16-9-18-19(22-11-16)25(13-23-18)17-6-7-17/h4-5,8-11,13-14,17H,3,6-7,12H2,1-2H3. The van der Waals surface area contributed by atoms with E-state index in [9.17, 15) is 4.79 Å². The average molecular weight is 349 g/mol. The third-order valence-electron chi connectivity index (χ3n) is 5.06. The Morgan fingerprint density at radius 3 is 2.88 bits per heavy atom. The lowest BCUT2D eigenvalue weighted by Gasteiger charge is -2.28. The second-order valence-corrected chi connectivity index (χ2v) is 7.00. The Balaban J connectivity index is 1.63. The van der Waals surface area contributed by atoms with Crippen LogP contribution in [0.2, 0.25) is 0 Å². The van der Waals surface area contributed by atoms with Gasteiger partial charge in [0.25, 0.3) is 5.91 Å². The van der Waals surface area contributed by atoms with E-state index in [1.54, 1.807) is 18.6 Å². The molecule has 1 atom stereocenters. The van der Waals surface area contributed by atoms with E-state index < -0.39 is 0 Å². The SMILES string of the molecule is CCC(C)N(Cc1cccnc1)C(=O)c1cnc2c(c1)ncn2C1CC1. The van der Waals surface area contributed by atoms with E-state index in [2.05, 4.69) is 33.4 Å². The number of carbonyl (C=O) groups is 1. The van der Waals surface area contributed by atoms with Crippen LogP contribution in [0.3, 0.4) is 0 Å². The molecule has 134 valence electrons. The van der Waals surface area contributed by atoms with E-state index in [0.717, 1.165) is 23.1 Å². The first-order valence-electron chi connectivity index (χ1n) is 9.19. The van der Waals surface area contributed by atoms with E-state index in [1.165, 1.54) is 12.8 Å². The van der Waals surface area contributed by atoms with Crippen molar-refractivity contribution >= 4 is 17.1 Å². The van der Waals surface area contributed by atoms with Crippen molar-refractivity contribution in [1.29, 1.82) is 0 Å². The van der Waals surface area contributed by atoms with Crippen molar-refractivity contribution in [1.82, 2.24) is 24.4 Å². The van der Waals surface area contributed by atoms with Gasteiger partial charge in [0.15, 0.2) is 5.65 Å². The summed E-state index contributed by atoms with van der Waals surface area (Å²) in [6, 6.07) is 6.40. The topological polar surface area (TPSA) is 63.9 Å². The van der Waals surface area contributed by atoms with Crippen LogP contribution >= 0.6 is 0 Å². The molecule has 26 heavy (non-hydrogen) atoms. The van der Waals surface area contributed by atoms with Crippen LogP contribution in [-0.4, -0.2) is 36.4 Å². The maximum atomic E-state index is 13.2. The van der Waals surface area contributed by atoms with Crippen LogP contribution in [0.4, 0.5) is 0 Å². The molecule has 0 aromatic carbocycles. The molecule has 3 aromatic rings. The van der Waals surface area contributed by atoms with Crippen molar-refractivity contribution in [3.05, 3.63) is 54.2 Å². The van der Waals surface area contributed by atoms with Crippen molar-refractivity contribution < 1.29 is 4.79 Å². The predicted octanol–water partition coefficient (Wildman–Crippen LogP) is 3.60. The molecular formula is C20H23N5O. The number of hydrogen-bond acceptors (Lipinski definition) is 4. The second-order valence-electron chi connectivity index (χ2n) is 7.00. The normalized spacial score (nSPS) is 15.2. The highest BCUT2D eigenvalue weighted by Gasteiger charge is 2.26. The van der Waals surface area contributed by atoms with Crippen LogP contribution < -0.4 is 0 Å². The third kappa shape index (κ3) is 3.19. The summed E-state index contributed by atoms with van der Waals surface area (Å²) in [5.41, 5.74) is 3.26. The third-order valence-corrected chi connectivity index (χ3v) is 5.06. The molecule has 0 N–H and O–H groups in total. The van der Waals surface area contributed by atoms with Crippen molar-refractivity contribution in [3.8, 4) is 0 Å². The van der Waals surface area contributed by atoms with E-state index >= 15 is 0 Å². The predicted molar refractivity (Wildman–Crippen MR) is 99.7 cm³/mol. The first-order chi connectivity index (χ1) is 12.7. The van der Waals surface area contributed by atoms with Crippen LogP contribution in [0.15, 0.2) is 43.1 Å². The molecule has 1 aliphatic rings. The summed E-state index contributed by atoms with van der Waals surface area (Å²) >= 11 is 0. The molecule has 3 heterocycles. The van der Waals surface area contributed by atoms with Gasteiger partial charge in [-0.3, -0.25) is 9.78 Å². The Labute approximate surface area is 152 Å². The van der Waals surface area contributed by atoms with Gasteiger partial charge in [0.05, 0.1) is 11.9 Å². The van der Waals surface area contributed by atoms with Crippen LogP contribution in [-0.2, 0) is 6.54 Å². The fourth-order valence-electron chi connectivity index (χ4n) is 3.16. The first kappa shape index (κ1) is 16.7. The van der Waals surface area contributed by atoms with Crippen molar-refractivity contribution in [2.24, 2.45) is 0 Å². The number of rotatable bonds is 6. The van der Waals surface area contributed by atoms with Crippen molar-refractivity contribution in [2.75, 3.05) is 0 Å². The molecule has 6 heteroatoms. The lowest BCUT2D eigenvalue weighted by molar-refractivity contribution is 0.0671. The van der Waals surface area contributed by atoms with Gasteiger partial charge in [-0.05, 0) is 43.9 Å². The Bertz CT molecular complexity index is 916. The number of amides is 1. The minimum absolute atomic E-state index is 0.0152. The highest BCUT2D eigenvalue weighted by atomic mass is 16.2. The van der Waals surface area contributed by atoms with E-state index in [4.69, 9.17) is 0 Å². The highest BCUT2D eigenvalue weighted by molar-refractivity contribution is 5.96. The minimum atomic E-state index is -0.0152. The van der Waals surface area contributed by atoms with Gasteiger partial charge in [-0.1, -0.05) is 13.0 Å². The minimum Gasteiger partial charge on any atom is -0.332 e. The molecule has 4 rings (SSSR count). The molecule has 0 spiro atoms. The lowest BCUT2D eigenvalue weighted by atomic mass is 10.1. The van der Waals surface area contributed by atoms with Crippen LogP contribution in [0.5, 0.6) is 0 Å². The largest absolute Gasteiger partial charge is 0.332 e. The summed E-state index contributed by atoms with van der Waals surface area (Å²) in [6.45, 7) is 4.70. The van der Waals surface area contributed by atoms with Gasteiger partial charge in [0.1, 0.15) is 5.52 Å². The number of pyridine rings is 2. The molecule has 1 unspecified atom stereocenters. The molecule has 0 aliphatic heterocycles. The maximum Gasteiger partial charge on any atom is 0.256 e. The Hall–Kier alpha value is -2.76. The molecule has 1 amide bonds. The van der Waals surface area contributed by atoms with Crippen molar-refractivity contribution in [2.45, 2.75) is 51.7 Å². The zero-order valence-corrected chi connectivity index (χ0v) is 15.2. The summed E-state index contributed by atoms with van der Waals surface area (Å²) in [6.07, 6.45) is 10.3. The molecule has 1 fully saturated rings. The molecule has 3 aromatic heterocycles. The smallest absolute Gasteiger partial charge is 0.256 e. The summed E-state index contributed by atoms with van der Waals surface area (Å²) in [5.74, 6) is -0.0152. The molecule has 0 bridgehead atoms. The summed E-state index contributed by atoms with van der Waals surface area (Å²) in [4.78, 5) is 28.2. The molecule has 6 nitrogen and oxygen atoms in total. The molecule has 0 radical (unpaired) electrons. The Morgan fingerprint density at radius 1 is 1.35 bits per heavy atom. The molecule has 0 saturated heterocycles. The van der Waals surface area contributed by atoms with E-state index in [0.29, 0.717) is 18.2 Å². The lowest BCUT2D eigenvalue weighted by Crippen LogP contribution is -2.37. The molecular weight excluding hydrogens is 326 g/mol. The van der Waals surface area contributed by atoms with Crippen molar-refractivity contribution in [3.63, 3.8) is 0 Å². The monoisotopic (exact) mass is 349 g/mol. The number of hydrogen-bond donors (Lipinski definition) is 0. The van der Waals surface area contributed by atoms with Crippen LogP contribution in [0, 0.1) is 0 Å². The fourth-order valence-corrected chi connectivity index (χ4v) is 3.16. The van der Waals surface area contributed by atoms with Gasteiger partial charge in [0.2, 0.25) is 0 Å². The number of imidazole rings is 1. The summed E-state index contributed by atoms with van der Waals surface area (Å²) in [5, 5.41) is 0. The average Bonchev–Trinajstić information content (AvgIpc) is 3.44. The van der Waals surface area contributed by atoms with Gasteiger partial charge >= 0.3 is 0 Å². The number of carbonyl (C=O) groups excluding carboxylic acids is 1. The Kier molecular flexibility index (Phi) is 4.41. The molecule has 1 saturated carbocycles. The number of nitrogens with zero attached hydrogens (tertiary/aromatic N) is 5. The van der Waals surface area contributed by atoms with Crippen LogP contribution in [0.25, 0.3) is 11.2 Å². The van der Waals surface area contributed by atoms with Gasteiger partial charge in [-0.2, -0.15) is 0 Å². The quantitative estimate of drug-likeness (QED) is 0.682. The maximum absolute atomic E-state index is 13.2. The van der Waals surface area contributed by atoms with Gasteiger partial charge in [-0.15, -0.1) is 0 Å². The zero-order valence-electron chi connectivity index (χ0n) is 15.2. The number of fused-ring (bicyclic) bond motifs is 1. The highest BCUT2D eigenvalue weighted by Crippen LogP contribution is 2.36. The number of aromatic nitrogens is 4.